The molecule has 0 aliphatic carbocycles. The predicted octanol–water partition coefficient (Wildman–Crippen LogP) is 7.47. The van der Waals surface area contributed by atoms with Crippen molar-refractivity contribution < 1.29 is 13.9 Å². The third-order valence-electron chi connectivity index (χ3n) is 4.24. The van der Waals surface area contributed by atoms with Crippen LogP contribution in [0.1, 0.15) is 10.8 Å². The van der Waals surface area contributed by atoms with Crippen molar-refractivity contribution in [3.05, 3.63) is 86.6 Å². The van der Waals surface area contributed by atoms with E-state index in [4.69, 9.17) is 27.6 Å². The second-order valence-corrected chi connectivity index (χ2v) is 7.87. The van der Waals surface area contributed by atoms with E-state index in [0.29, 0.717) is 37.6 Å². The smallest absolute Gasteiger partial charge is 0.179 e. The lowest BCUT2D eigenvalue weighted by Crippen LogP contribution is -1.89. The van der Waals surface area contributed by atoms with Crippen molar-refractivity contribution in [3.8, 4) is 28.7 Å². The number of aliphatic hydroxyl groups excluding tert-OH is 1. The third-order valence-corrected chi connectivity index (χ3v) is 5.66. The Labute approximate surface area is 185 Å². The molecular formula is C22H11Cl2FN2O2S. The first-order valence-corrected chi connectivity index (χ1v) is 10.2. The van der Waals surface area contributed by atoms with Crippen LogP contribution in [-0.4, -0.2) is 10.1 Å². The molecule has 1 N–H and O–H groups in total. The second-order valence-electron chi connectivity index (χ2n) is 6.17. The molecule has 0 atom stereocenters. The Bertz CT molecular complexity index is 1300. The van der Waals surface area contributed by atoms with E-state index in [2.05, 4.69) is 4.98 Å². The highest BCUT2D eigenvalue weighted by atomic mass is 35.5. The quantitative estimate of drug-likeness (QED) is 0.255. The van der Waals surface area contributed by atoms with E-state index in [9.17, 15) is 14.8 Å². The van der Waals surface area contributed by atoms with Crippen LogP contribution in [0.25, 0.3) is 33.9 Å². The molecule has 0 saturated carbocycles. The van der Waals surface area contributed by atoms with Gasteiger partial charge in [0.05, 0.1) is 10.7 Å². The fourth-order valence-corrected chi connectivity index (χ4v) is 3.97. The van der Waals surface area contributed by atoms with Gasteiger partial charge in [0.15, 0.2) is 11.5 Å². The maximum atomic E-state index is 13.1. The van der Waals surface area contributed by atoms with Crippen LogP contribution in [0.5, 0.6) is 0 Å². The van der Waals surface area contributed by atoms with Crippen LogP contribution in [0.15, 0.2) is 64.4 Å². The number of benzene rings is 2. The van der Waals surface area contributed by atoms with Gasteiger partial charge in [-0.3, -0.25) is 0 Å². The molecule has 0 radical (unpaired) electrons. The Morgan fingerprint density at radius 3 is 2.60 bits per heavy atom. The van der Waals surface area contributed by atoms with Gasteiger partial charge < -0.3 is 9.52 Å². The normalized spacial score (nSPS) is 11.8. The summed E-state index contributed by atoms with van der Waals surface area (Å²) in [6, 6.07) is 15.9. The first-order valence-electron chi connectivity index (χ1n) is 8.57. The Morgan fingerprint density at radius 2 is 1.87 bits per heavy atom. The molecule has 0 unspecified atom stereocenters. The minimum absolute atomic E-state index is 0.0357. The minimum atomic E-state index is -0.349. The van der Waals surface area contributed by atoms with E-state index in [1.807, 2.05) is 6.07 Å². The summed E-state index contributed by atoms with van der Waals surface area (Å²) >= 11 is 13.4. The van der Waals surface area contributed by atoms with Crippen LogP contribution in [0.3, 0.4) is 0 Å². The van der Waals surface area contributed by atoms with Gasteiger partial charge in [0, 0.05) is 21.5 Å². The largest absolute Gasteiger partial charge is 0.503 e. The zero-order valence-electron chi connectivity index (χ0n) is 15.1. The fourth-order valence-electron chi connectivity index (χ4n) is 2.76. The molecule has 4 aromatic rings. The van der Waals surface area contributed by atoms with Crippen molar-refractivity contribution >= 4 is 45.9 Å². The first kappa shape index (κ1) is 20.2. The highest BCUT2D eigenvalue weighted by Gasteiger charge is 2.19. The van der Waals surface area contributed by atoms with Crippen LogP contribution in [0.4, 0.5) is 4.39 Å². The molecule has 0 amide bonds. The van der Waals surface area contributed by atoms with Gasteiger partial charge in [-0.1, -0.05) is 23.2 Å². The Morgan fingerprint density at radius 1 is 1.10 bits per heavy atom. The summed E-state index contributed by atoms with van der Waals surface area (Å²) in [4.78, 5) is 4.39. The van der Waals surface area contributed by atoms with Crippen LogP contribution in [0.2, 0.25) is 10.0 Å². The van der Waals surface area contributed by atoms with Crippen molar-refractivity contribution in [1.82, 2.24) is 4.98 Å². The summed E-state index contributed by atoms with van der Waals surface area (Å²) in [5.41, 5.74) is 1.80. The van der Waals surface area contributed by atoms with Crippen LogP contribution in [0, 0.1) is 17.1 Å². The molecule has 8 heteroatoms. The van der Waals surface area contributed by atoms with E-state index in [-0.39, 0.29) is 22.9 Å². The van der Waals surface area contributed by atoms with Crippen LogP contribution < -0.4 is 0 Å². The molecule has 148 valence electrons. The average Bonchev–Trinajstić information content (AvgIpc) is 3.41. The number of allylic oxidation sites excluding steroid dienone is 1. The minimum Gasteiger partial charge on any atom is -0.503 e. The summed E-state index contributed by atoms with van der Waals surface area (Å²) in [7, 11) is 0. The standard InChI is InChI=1S/C22H11Cl2FN2O2S/c23-13-3-6-17(24)15(9-13)19-7-8-20(29-19)21(28)16(10-26)22-27-18(11-30-22)12-1-4-14(25)5-2-12/h1-9,11,28H/b21-16-. The Hall–Kier alpha value is -3.11. The summed E-state index contributed by atoms with van der Waals surface area (Å²) in [5, 5.41) is 23.2. The van der Waals surface area contributed by atoms with Crippen LogP contribution >= 0.6 is 34.5 Å². The SMILES string of the molecule is N#C/C(=C(/O)c1ccc(-c2cc(Cl)ccc2Cl)o1)c1nc(-c2ccc(F)cc2)cs1. The van der Waals surface area contributed by atoms with Crippen molar-refractivity contribution in [1.29, 1.82) is 5.26 Å². The highest BCUT2D eigenvalue weighted by molar-refractivity contribution is 7.11. The van der Waals surface area contributed by atoms with E-state index >= 15 is 0 Å². The number of aliphatic hydroxyl groups is 1. The van der Waals surface area contributed by atoms with Crippen molar-refractivity contribution in [2.24, 2.45) is 0 Å². The number of halogens is 3. The fraction of sp³-hybridized carbons (Fsp3) is 0. The number of hydrogen-bond donors (Lipinski definition) is 1. The molecule has 2 heterocycles. The Kier molecular flexibility index (Phi) is 5.60. The second kappa shape index (κ2) is 8.33. The molecule has 4 rings (SSSR count). The molecule has 0 aliphatic rings. The maximum Gasteiger partial charge on any atom is 0.179 e. The zero-order chi connectivity index (χ0) is 21.3. The molecule has 0 aliphatic heterocycles. The van der Waals surface area contributed by atoms with Gasteiger partial charge in [-0.25, -0.2) is 9.37 Å². The van der Waals surface area contributed by atoms with Gasteiger partial charge in [0.25, 0.3) is 0 Å². The average molecular weight is 457 g/mol. The van der Waals surface area contributed by atoms with E-state index in [0.717, 1.165) is 0 Å². The van der Waals surface area contributed by atoms with Gasteiger partial charge >= 0.3 is 0 Å². The molecule has 0 fully saturated rings. The predicted molar refractivity (Wildman–Crippen MR) is 117 cm³/mol. The van der Waals surface area contributed by atoms with E-state index in [1.54, 1.807) is 41.8 Å². The number of furan rings is 1. The van der Waals surface area contributed by atoms with Crippen molar-refractivity contribution in [2.75, 3.05) is 0 Å². The number of nitriles is 1. The molecule has 2 aromatic carbocycles. The topological polar surface area (TPSA) is 70.0 Å². The lowest BCUT2D eigenvalue weighted by atomic mass is 10.1. The van der Waals surface area contributed by atoms with E-state index < -0.39 is 0 Å². The van der Waals surface area contributed by atoms with Gasteiger partial charge in [-0.05, 0) is 54.6 Å². The van der Waals surface area contributed by atoms with Gasteiger partial charge in [-0.2, -0.15) is 5.26 Å². The highest BCUT2D eigenvalue weighted by Crippen LogP contribution is 2.35. The Balaban J connectivity index is 1.70. The van der Waals surface area contributed by atoms with E-state index in [1.165, 1.54) is 29.5 Å². The number of nitrogens with zero attached hydrogens (tertiary/aromatic N) is 2. The molecule has 0 bridgehead atoms. The van der Waals surface area contributed by atoms with Gasteiger partial charge in [-0.15, -0.1) is 11.3 Å². The zero-order valence-corrected chi connectivity index (χ0v) is 17.4. The number of rotatable bonds is 4. The number of thiazole rings is 1. The molecule has 4 nitrogen and oxygen atoms in total. The maximum absolute atomic E-state index is 13.1. The number of hydrogen-bond acceptors (Lipinski definition) is 5. The molecule has 30 heavy (non-hydrogen) atoms. The number of aromatic nitrogens is 1. The lowest BCUT2D eigenvalue weighted by molar-refractivity contribution is 0.466. The molecule has 0 saturated heterocycles. The summed E-state index contributed by atoms with van der Waals surface area (Å²) in [6.07, 6.45) is 0. The monoisotopic (exact) mass is 456 g/mol. The van der Waals surface area contributed by atoms with Crippen molar-refractivity contribution in [2.45, 2.75) is 0 Å². The summed E-state index contributed by atoms with van der Waals surface area (Å²) in [5.74, 6) is -0.205. The van der Waals surface area contributed by atoms with Gasteiger partial charge in [0.1, 0.15) is 28.2 Å². The molecular weight excluding hydrogens is 446 g/mol. The van der Waals surface area contributed by atoms with Gasteiger partial charge in [0.2, 0.25) is 0 Å². The summed E-state index contributed by atoms with van der Waals surface area (Å²) in [6.45, 7) is 0. The van der Waals surface area contributed by atoms with Crippen molar-refractivity contribution in [3.63, 3.8) is 0 Å². The first-order chi connectivity index (χ1) is 14.5. The molecule has 2 aromatic heterocycles. The summed E-state index contributed by atoms with van der Waals surface area (Å²) < 4.78 is 18.8. The lowest BCUT2D eigenvalue weighted by Gasteiger charge is -2.02. The third kappa shape index (κ3) is 3.96. The molecule has 0 spiro atoms. The van der Waals surface area contributed by atoms with Crippen LogP contribution in [-0.2, 0) is 0 Å².